The van der Waals surface area contributed by atoms with Gasteiger partial charge in [0.2, 0.25) is 5.89 Å². The van der Waals surface area contributed by atoms with Gasteiger partial charge in [0.15, 0.2) is 5.82 Å². The lowest BCUT2D eigenvalue weighted by Crippen LogP contribution is -2.46. The number of methoxy groups -OCH3 is 1. The average molecular weight is 402 g/mol. The molecule has 148 valence electrons. The molecule has 0 N–H and O–H groups in total. The standard InChI is InChI=1S/C18H22N6O3S/c1-10-14-16(19-11(2)20-17(14)28-15(10)18(25)26-4)24-7-5-23(6-8-24)9-13-21-12(3)27-22-13/h5-9H2,1-4H3. The van der Waals surface area contributed by atoms with E-state index in [-0.39, 0.29) is 5.97 Å². The molecular formula is C18H22N6O3S. The molecule has 4 rings (SSSR count). The minimum Gasteiger partial charge on any atom is -0.465 e. The Morgan fingerprint density at radius 1 is 1.14 bits per heavy atom. The van der Waals surface area contributed by atoms with Crippen molar-refractivity contribution in [1.29, 1.82) is 0 Å². The molecule has 1 saturated heterocycles. The largest absolute Gasteiger partial charge is 0.465 e. The fourth-order valence-electron chi connectivity index (χ4n) is 3.46. The Morgan fingerprint density at radius 2 is 1.89 bits per heavy atom. The highest BCUT2D eigenvalue weighted by atomic mass is 32.1. The highest BCUT2D eigenvalue weighted by Crippen LogP contribution is 2.36. The summed E-state index contributed by atoms with van der Waals surface area (Å²) >= 11 is 1.36. The van der Waals surface area contributed by atoms with Gasteiger partial charge in [0.25, 0.3) is 0 Å². The van der Waals surface area contributed by atoms with Gasteiger partial charge in [-0.2, -0.15) is 4.98 Å². The lowest BCUT2D eigenvalue weighted by molar-refractivity contribution is 0.0605. The van der Waals surface area contributed by atoms with Gasteiger partial charge in [-0.3, -0.25) is 4.90 Å². The summed E-state index contributed by atoms with van der Waals surface area (Å²) in [7, 11) is 1.40. The van der Waals surface area contributed by atoms with E-state index >= 15 is 0 Å². The first-order valence-corrected chi connectivity index (χ1v) is 9.90. The summed E-state index contributed by atoms with van der Waals surface area (Å²) < 4.78 is 9.97. The van der Waals surface area contributed by atoms with E-state index in [9.17, 15) is 4.79 Å². The molecule has 3 aromatic heterocycles. The van der Waals surface area contributed by atoms with Crippen LogP contribution in [0.4, 0.5) is 5.82 Å². The first-order valence-electron chi connectivity index (χ1n) is 9.08. The molecule has 28 heavy (non-hydrogen) atoms. The lowest BCUT2D eigenvalue weighted by Gasteiger charge is -2.35. The number of carbonyl (C=O) groups excluding carboxylic acids is 1. The van der Waals surface area contributed by atoms with Crippen molar-refractivity contribution in [2.24, 2.45) is 0 Å². The smallest absolute Gasteiger partial charge is 0.348 e. The van der Waals surface area contributed by atoms with Crippen LogP contribution in [0, 0.1) is 20.8 Å². The third-order valence-corrected chi connectivity index (χ3v) is 6.03. The Bertz CT molecular complexity index is 1020. The first kappa shape index (κ1) is 18.8. The van der Waals surface area contributed by atoms with Gasteiger partial charge in [-0.15, -0.1) is 11.3 Å². The van der Waals surface area contributed by atoms with Crippen LogP contribution in [0.3, 0.4) is 0 Å². The van der Waals surface area contributed by atoms with E-state index in [4.69, 9.17) is 14.2 Å². The molecular weight excluding hydrogens is 380 g/mol. The number of aryl methyl sites for hydroxylation is 3. The van der Waals surface area contributed by atoms with Crippen molar-refractivity contribution >= 4 is 33.3 Å². The topological polar surface area (TPSA) is 97.5 Å². The van der Waals surface area contributed by atoms with Crippen LogP contribution in [0.1, 0.15) is 32.8 Å². The zero-order valence-corrected chi connectivity index (χ0v) is 17.2. The zero-order valence-electron chi connectivity index (χ0n) is 16.4. The van der Waals surface area contributed by atoms with E-state index in [0.29, 0.717) is 29.0 Å². The van der Waals surface area contributed by atoms with Crippen molar-refractivity contribution in [2.45, 2.75) is 27.3 Å². The number of thiophene rings is 1. The van der Waals surface area contributed by atoms with Crippen LogP contribution in [0.5, 0.6) is 0 Å². The van der Waals surface area contributed by atoms with E-state index in [1.54, 1.807) is 6.92 Å². The van der Waals surface area contributed by atoms with Gasteiger partial charge in [0.05, 0.1) is 19.0 Å². The maximum absolute atomic E-state index is 12.1. The molecule has 0 bridgehead atoms. The Morgan fingerprint density at radius 3 is 2.54 bits per heavy atom. The van der Waals surface area contributed by atoms with Gasteiger partial charge in [0.1, 0.15) is 21.3 Å². The van der Waals surface area contributed by atoms with Crippen LogP contribution >= 0.6 is 11.3 Å². The first-order chi connectivity index (χ1) is 13.5. The molecule has 0 aliphatic carbocycles. The Hall–Kier alpha value is -2.59. The van der Waals surface area contributed by atoms with E-state index < -0.39 is 0 Å². The predicted octanol–water partition coefficient (Wildman–Crippen LogP) is 2.11. The number of piperazine rings is 1. The number of fused-ring (bicyclic) bond motifs is 1. The molecule has 0 radical (unpaired) electrons. The van der Waals surface area contributed by atoms with E-state index in [1.807, 2.05) is 13.8 Å². The minimum atomic E-state index is -0.329. The van der Waals surface area contributed by atoms with Crippen molar-refractivity contribution in [3.05, 3.63) is 28.0 Å². The third kappa shape index (κ3) is 3.45. The molecule has 0 saturated carbocycles. The minimum absolute atomic E-state index is 0.329. The highest BCUT2D eigenvalue weighted by Gasteiger charge is 2.26. The Kier molecular flexibility index (Phi) is 4.98. The molecule has 0 spiro atoms. The van der Waals surface area contributed by atoms with Gasteiger partial charge >= 0.3 is 5.97 Å². The summed E-state index contributed by atoms with van der Waals surface area (Å²) in [6, 6.07) is 0. The van der Waals surface area contributed by atoms with E-state index in [1.165, 1.54) is 18.4 Å². The number of carbonyl (C=O) groups is 1. The van der Waals surface area contributed by atoms with Crippen molar-refractivity contribution in [1.82, 2.24) is 25.0 Å². The average Bonchev–Trinajstić information content (AvgIpc) is 3.24. The van der Waals surface area contributed by atoms with Gasteiger partial charge in [0, 0.05) is 33.1 Å². The van der Waals surface area contributed by atoms with E-state index in [0.717, 1.165) is 47.8 Å². The molecule has 0 atom stereocenters. The second kappa shape index (κ2) is 7.44. The number of hydrogen-bond donors (Lipinski definition) is 0. The third-order valence-electron chi connectivity index (χ3n) is 4.86. The number of esters is 1. The molecule has 3 aromatic rings. The molecule has 9 nitrogen and oxygen atoms in total. The summed E-state index contributed by atoms with van der Waals surface area (Å²) in [6.07, 6.45) is 0. The summed E-state index contributed by atoms with van der Waals surface area (Å²) in [5.74, 6) is 2.56. The van der Waals surface area contributed by atoms with Gasteiger partial charge in [-0.05, 0) is 19.4 Å². The fraction of sp³-hybridized carbons (Fsp3) is 0.500. The van der Waals surface area contributed by atoms with Crippen molar-refractivity contribution in [3.8, 4) is 0 Å². The van der Waals surface area contributed by atoms with Crippen LogP contribution in [-0.4, -0.2) is 64.3 Å². The number of rotatable bonds is 4. The van der Waals surface area contributed by atoms with Crippen LogP contribution in [0.25, 0.3) is 10.2 Å². The number of ether oxygens (including phenoxy) is 1. The number of nitrogens with zero attached hydrogens (tertiary/aromatic N) is 6. The summed E-state index contributed by atoms with van der Waals surface area (Å²) in [6.45, 7) is 9.66. The molecule has 0 unspecified atom stereocenters. The predicted molar refractivity (Wildman–Crippen MR) is 105 cm³/mol. The maximum atomic E-state index is 12.1. The normalized spacial score (nSPS) is 15.4. The van der Waals surface area contributed by atoms with Gasteiger partial charge in [-0.25, -0.2) is 14.8 Å². The lowest BCUT2D eigenvalue weighted by atomic mass is 10.2. The summed E-state index contributed by atoms with van der Waals surface area (Å²) in [5, 5.41) is 4.92. The monoisotopic (exact) mass is 402 g/mol. The van der Waals surface area contributed by atoms with Crippen LogP contribution in [0.15, 0.2) is 4.52 Å². The number of hydrogen-bond acceptors (Lipinski definition) is 10. The molecule has 1 aliphatic heterocycles. The summed E-state index contributed by atoms with van der Waals surface area (Å²) in [4.78, 5) is 31.6. The van der Waals surface area contributed by atoms with Crippen LogP contribution < -0.4 is 4.90 Å². The Labute approximate surface area is 166 Å². The molecule has 1 aliphatic rings. The molecule has 1 fully saturated rings. The highest BCUT2D eigenvalue weighted by molar-refractivity contribution is 7.20. The van der Waals surface area contributed by atoms with Crippen LogP contribution in [-0.2, 0) is 11.3 Å². The number of anilines is 1. The Balaban J connectivity index is 1.57. The fourth-order valence-corrected chi connectivity index (χ4v) is 4.60. The quantitative estimate of drug-likeness (QED) is 0.608. The molecule has 10 heteroatoms. The van der Waals surface area contributed by atoms with Gasteiger partial charge in [-0.1, -0.05) is 5.16 Å². The van der Waals surface area contributed by atoms with Crippen molar-refractivity contribution < 1.29 is 14.1 Å². The second-order valence-corrected chi connectivity index (χ2v) is 7.81. The number of aromatic nitrogens is 4. The second-order valence-electron chi connectivity index (χ2n) is 6.82. The van der Waals surface area contributed by atoms with Crippen molar-refractivity contribution in [2.75, 3.05) is 38.2 Å². The molecule has 0 aromatic carbocycles. The van der Waals surface area contributed by atoms with Crippen LogP contribution in [0.2, 0.25) is 0 Å². The van der Waals surface area contributed by atoms with Crippen molar-refractivity contribution in [3.63, 3.8) is 0 Å². The summed E-state index contributed by atoms with van der Waals surface area (Å²) in [5.41, 5.74) is 0.881. The SMILES string of the molecule is COC(=O)c1sc2nc(C)nc(N3CCN(Cc4noc(C)n4)CC3)c2c1C. The van der Waals surface area contributed by atoms with Gasteiger partial charge < -0.3 is 14.2 Å². The molecule has 4 heterocycles. The maximum Gasteiger partial charge on any atom is 0.348 e. The molecule has 0 amide bonds. The zero-order chi connectivity index (χ0) is 19.8. The van der Waals surface area contributed by atoms with E-state index in [2.05, 4.69) is 24.9 Å².